The highest BCUT2D eigenvalue weighted by molar-refractivity contribution is 7.98. The number of hydrogen-bond donors (Lipinski definition) is 2. The zero-order valence-electron chi connectivity index (χ0n) is 11.7. The highest BCUT2D eigenvalue weighted by Crippen LogP contribution is 2.37. The Morgan fingerprint density at radius 1 is 1.26 bits per heavy atom. The van der Waals surface area contributed by atoms with Crippen molar-refractivity contribution < 1.29 is 14.6 Å². The van der Waals surface area contributed by atoms with E-state index in [4.69, 9.17) is 9.47 Å². The molecule has 1 aliphatic carbocycles. The van der Waals surface area contributed by atoms with Crippen molar-refractivity contribution >= 4 is 11.8 Å². The molecule has 0 aliphatic heterocycles. The molecule has 106 valence electrons. The van der Waals surface area contributed by atoms with Crippen LogP contribution >= 0.6 is 11.8 Å². The monoisotopic (exact) mass is 283 g/mol. The highest BCUT2D eigenvalue weighted by Gasteiger charge is 2.41. The van der Waals surface area contributed by atoms with Crippen molar-refractivity contribution in [1.29, 1.82) is 0 Å². The maximum Gasteiger partial charge on any atom is 0.161 e. The minimum absolute atomic E-state index is 0.0527. The van der Waals surface area contributed by atoms with E-state index in [1.807, 2.05) is 18.4 Å². The largest absolute Gasteiger partial charge is 0.493 e. The molecule has 1 aromatic rings. The third-order valence-corrected chi connectivity index (χ3v) is 4.42. The van der Waals surface area contributed by atoms with E-state index in [9.17, 15) is 5.11 Å². The third kappa shape index (κ3) is 3.16. The average molecular weight is 283 g/mol. The Morgan fingerprint density at radius 2 is 1.89 bits per heavy atom. The SMILES string of the molecule is COc1cc(CNC2(CO)CC2)c(SC)cc1OC. The lowest BCUT2D eigenvalue weighted by Crippen LogP contribution is -2.34. The molecule has 1 aromatic carbocycles. The summed E-state index contributed by atoms with van der Waals surface area (Å²) < 4.78 is 10.7. The minimum Gasteiger partial charge on any atom is -0.493 e. The molecule has 0 radical (unpaired) electrons. The fourth-order valence-corrected chi connectivity index (χ4v) is 2.67. The first-order chi connectivity index (χ1) is 9.18. The minimum atomic E-state index is -0.0527. The van der Waals surface area contributed by atoms with E-state index in [0.29, 0.717) is 0 Å². The number of thioether (sulfide) groups is 1. The van der Waals surface area contributed by atoms with Gasteiger partial charge in [-0.25, -0.2) is 0 Å². The molecule has 1 aliphatic rings. The van der Waals surface area contributed by atoms with Crippen LogP contribution in [0.1, 0.15) is 18.4 Å². The van der Waals surface area contributed by atoms with Crippen LogP contribution in [-0.2, 0) is 6.54 Å². The average Bonchev–Trinajstić information content (AvgIpc) is 3.24. The van der Waals surface area contributed by atoms with Gasteiger partial charge in [-0.3, -0.25) is 0 Å². The van der Waals surface area contributed by atoms with Gasteiger partial charge in [-0.1, -0.05) is 0 Å². The van der Waals surface area contributed by atoms with E-state index in [1.54, 1.807) is 26.0 Å². The van der Waals surface area contributed by atoms with Gasteiger partial charge in [0.2, 0.25) is 0 Å². The Hall–Kier alpha value is -0.910. The van der Waals surface area contributed by atoms with E-state index >= 15 is 0 Å². The van der Waals surface area contributed by atoms with E-state index in [0.717, 1.165) is 30.9 Å². The van der Waals surface area contributed by atoms with Crippen molar-refractivity contribution in [3.8, 4) is 11.5 Å². The molecule has 0 saturated heterocycles. The van der Waals surface area contributed by atoms with Crippen molar-refractivity contribution in [2.75, 3.05) is 27.1 Å². The van der Waals surface area contributed by atoms with E-state index < -0.39 is 0 Å². The van der Waals surface area contributed by atoms with E-state index in [1.165, 1.54) is 10.5 Å². The Balaban J connectivity index is 2.18. The summed E-state index contributed by atoms with van der Waals surface area (Å²) in [7, 11) is 3.29. The van der Waals surface area contributed by atoms with Gasteiger partial charge in [-0.15, -0.1) is 11.8 Å². The lowest BCUT2D eigenvalue weighted by atomic mass is 10.1. The molecule has 1 fully saturated rings. The Morgan fingerprint density at radius 3 is 2.37 bits per heavy atom. The fourth-order valence-electron chi connectivity index (χ4n) is 2.06. The van der Waals surface area contributed by atoms with Gasteiger partial charge >= 0.3 is 0 Å². The van der Waals surface area contributed by atoms with Crippen LogP contribution in [0.3, 0.4) is 0 Å². The first-order valence-corrected chi connectivity index (χ1v) is 7.55. The predicted octanol–water partition coefficient (Wildman–Crippen LogP) is 2.04. The van der Waals surface area contributed by atoms with Crippen LogP contribution in [0.4, 0.5) is 0 Å². The summed E-state index contributed by atoms with van der Waals surface area (Å²) in [5, 5.41) is 12.8. The predicted molar refractivity (Wildman–Crippen MR) is 77.2 cm³/mol. The second kappa shape index (κ2) is 6.03. The Kier molecular flexibility index (Phi) is 4.60. The first kappa shape index (κ1) is 14.5. The summed E-state index contributed by atoms with van der Waals surface area (Å²) in [5.41, 5.74) is 1.12. The number of hydrogen-bond acceptors (Lipinski definition) is 5. The summed E-state index contributed by atoms with van der Waals surface area (Å²) in [6, 6.07) is 4.00. The number of methoxy groups -OCH3 is 2. The van der Waals surface area contributed by atoms with Crippen LogP contribution in [0.25, 0.3) is 0 Å². The van der Waals surface area contributed by atoms with Crippen molar-refractivity contribution in [3.63, 3.8) is 0 Å². The van der Waals surface area contributed by atoms with Crippen LogP contribution in [0.5, 0.6) is 11.5 Å². The molecule has 5 heteroatoms. The standard InChI is InChI=1S/C14H21NO3S/c1-17-11-6-10(8-15-14(9-16)4-5-14)13(19-3)7-12(11)18-2/h6-7,15-16H,4-5,8-9H2,1-3H3. The fraction of sp³-hybridized carbons (Fsp3) is 0.571. The van der Waals surface area contributed by atoms with Gasteiger partial charge in [0.15, 0.2) is 11.5 Å². The van der Waals surface area contributed by atoms with Gasteiger partial charge in [0.25, 0.3) is 0 Å². The topological polar surface area (TPSA) is 50.7 Å². The molecule has 0 amide bonds. The summed E-state index contributed by atoms with van der Waals surface area (Å²) in [6.07, 6.45) is 4.14. The number of ether oxygens (including phenoxy) is 2. The summed E-state index contributed by atoms with van der Waals surface area (Å²) >= 11 is 1.68. The molecule has 0 spiro atoms. The van der Waals surface area contributed by atoms with Gasteiger partial charge in [-0.2, -0.15) is 0 Å². The Bertz CT molecular complexity index is 447. The summed E-state index contributed by atoms with van der Waals surface area (Å²) in [5.74, 6) is 1.49. The number of aliphatic hydroxyl groups excluding tert-OH is 1. The molecule has 0 heterocycles. The third-order valence-electron chi connectivity index (χ3n) is 3.60. The van der Waals surface area contributed by atoms with Gasteiger partial charge in [0.05, 0.1) is 20.8 Å². The number of rotatable bonds is 7. The molecule has 0 unspecified atom stereocenters. The molecule has 0 atom stereocenters. The maximum absolute atomic E-state index is 9.33. The summed E-state index contributed by atoms with van der Waals surface area (Å²) in [4.78, 5) is 1.17. The van der Waals surface area contributed by atoms with Crippen molar-refractivity contribution in [1.82, 2.24) is 5.32 Å². The molecule has 0 aromatic heterocycles. The van der Waals surface area contributed by atoms with Crippen LogP contribution in [0.2, 0.25) is 0 Å². The zero-order valence-corrected chi connectivity index (χ0v) is 12.5. The molecule has 2 N–H and O–H groups in total. The molecule has 19 heavy (non-hydrogen) atoms. The van der Waals surface area contributed by atoms with Gasteiger partial charge in [0.1, 0.15) is 0 Å². The van der Waals surface area contributed by atoms with Crippen molar-refractivity contribution in [3.05, 3.63) is 17.7 Å². The molecular formula is C14H21NO3S. The number of nitrogens with one attached hydrogen (secondary N) is 1. The smallest absolute Gasteiger partial charge is 0.161 e. The van der Waals surface area contributed by atoms with Crippen molar-refractivity contribution in [2.24, 2.45) is 0 Å². The second-order valence-corrected chi connectivity index (χ2v) is 5.66. The number of aliphatic hydroxyl groups is 1. The van der Waals surface area contributed by atoms with Crippen LogP contribution < -0.4 is 14.8 Å². The Labute approximate surface area is 118 Å². The zero-order chi connectivity index (χ0) is 13.9. The first-order valence-electron chi connectivity index (χ1n) is 6.33. The lowest BCUT2D eigenvalue weighted by molar-refractivity contribution is 0.229. The number of benzene rings is 1. The van der Waals surface area contributed by atoms with Crippen LogP contribution in [0, 0.1) is 0 Å². The molecular weight excluding hydrogens is 262 g/mol. The van der Waals surface area contributed by atoms with Gasteiger partial charge < -0.3 is 19.9 Å². The van der Waals surface area contributed by atoms with Gasteiger partial charge in [0, 0.05) is 17.0 Å². The lowest BCUT2D eigenvalue weighted by Gasteiger charge is -2.17. The normalized spacial score (nSPS) is 16.2. The molecule has 4 nitrogen and oxygen atoms in total. The summed E-state index contributed by atoms with van der Waals surface area (Å²) in [6.45, 7) is 0.936. The quantitative estimate of drug-likeness (QED) is 0.750. The second-order valence-electron chi connectivity index (χ2n) is 4.81. The van der Waals surface area contributed by atoms with E-state index in [2.05, 4.69) is 5.32 Å². The van der Waals surface area contributed by atoms with Crippen LogP contribution in [0.15, 0.2) is 17.0 Å². The van der Waals surface area contributed by atoms with Crippen molar-refractivity contribution in [2.45, 2.75) is 29.8 Å². The maximum atomic E-state index is 9.33. The van der Waals surface area contributed by atoms with E-state index in [-0.39, 0.29) is 12.1 Å². The highest BCUT2D eigenvalue weighted by atomic mass is 32.2. The molecule has 1 saturated carbocycles. The van der Waals surface area contributed by atoms with Gasteiger partial charge in [-0.05, 0) is 36.8 Å². The molecule has 2 rings (SSSR count). The molecule has 0 bridgehead atoms. The van der Waals surface area contributed by atoms with Crippen LogP contribution in [-0.4, -0.2) is 37.7 Å².